The summed E-state index contributed by atoms with van der Waals surface area (Å²) in [6.45, 7) is 2.07. The third kappa shape index (κ3) is 4.47. The van der Waals surface area contributed by atoms with Gasteiger partial charge < -0.3 is 9.84 Å². The average Bonchev–Trinajstić information content (AvgIpc) is 2.34. The van der Waals surface area contributed by atoms with Gasteiger partial charge in [-0.1, -0.05) is 31.9 Å². The predicted molar refractivity (Wildman–Crippen MR) is 67.3 cm³/mol. The minimum Gasteiger partial charge on any atom is -0.497 e. The Morgan fingerprint density at radius 1 is 1.47 bits per heavy atom. The van der Waals surface area contributed by atoms with Gasteiger partial charge in [0, 0.05) is 0 Å². The molecule has 0 aliphatic rings. The highest BCUT2D eigenvalue weighted by Gasteiger charge is 2.17. The van der Waals surface area contributed by atoms with Crippen molar-refractivity contribution in [2.45, 2.75) is 32.6 Å². The largest absolute Gasteiger partial charge is 0.497 e. The lowest BCUT2D eigenvalue weighted by atomic mass is 9.94. The summed E-state index contributed by atoms with van der Waals surface area (Å²) in [5, 5.41) is 9.16. The van der Waals surface area contributed by atoms with Crippen molar-refractivity contribution in [3.05, 3.63) is 29.8 Å². The fraction of sp³-hybridized carbons (Fsp3) is 0.500. The summed E-state index contributed by atoms with van der Waals surface area (Å²) in [5.41, 5.74) is 1.02. The molecule has 0 aliphatic heterocycles. The van der Waals surface area contributed by atoms with E-state index in [0.29, 0.717) is 6.42 Å². The summed E-state index contributed by atoms with van der Waals surface area (Å²) < 4.78 is 5.13. The van der Waals surface area contributed by atoms with Crippen LogP contribution in [0.25, 0.3) is 0 Å². The predicted octanol–water partition coefficient (Wildman–Crippen LogP) is 3.13. The molecule has 0 bridgehead atoms. The molecule has 0 spiro atoms. The Balaban J connectivity index is 2.67. The van der Waals surface area contributed by atoms with Crippen LogP contribution in [-0.2, 0) is 11.2 Å². The maximum Gasteiger partial charge on any atom is 0.306 e. The highest BCUT2D eigenvalue weighted by atomic mass is 16.5. The van der Waals surface area contributed by atoms with Gasteiger partial charge in [-0.2, -0.15) is 0 Å². The summed E-state index contributed by atoms with van der Waals surface area (Å²) >= 11 is 0. The van der Waals surface area contributed by atoms with Crippen LogP contribution < -0.4 is 4.74 Å². The second-order valence-electron chi connectivity index (χ2n) is 4.23. The summed E-state index contributed by atoms with van der Waals surface area (Å²) in [5.74, 6) is -0.217. The molecule has 0 fully saturated rings. The van der Waals surface area contributed by atoms with Crippen LogP contribution in [0, 0.1) is 5.92 Å². The number of hydrogen-bond acceptors (Lipinski definition) is 2. The monoisotopic (exact) mass is 236 g/mol. The molecular weight excluding hydrogens is 216 g/mol. The van der Waals surface area contributed by atoms with Gasteiger partial charge in [-0.25, -0.2) is 0 Å². The van der Waals surface area contributed by atoms with E-state index in [2.05, 4.69) is 6.92 Å². The Labute approximate surface area is 102 Å². The average molecular weight is 236 g/mol. The number of hydrogen-bond donors (Lipinski definition) is 1. The molecule has 3 nitrogen and oxygen atoms in total. The zero-order chi connectivity index (χ0) is 12.7. The number of carboxylic acid groups (broad SMARTS) is 1. The topological polar surface area (TPSA) is 46.5 Å². The number of carbonyl (C=O) groups is 1. The van der Waals surface area contributed by atoms with E-state index < -0.39 is 5.97 Å². The third-order valence-electron chi connectivity index (χ3n) is 2.87. The molecule has 1 aromatic carbocycles. The highest BCUT2D eigenvalue weighted by Crippen LogP contribution is 2.19. The normalized spacial score (nSPS) is 12.1. The highest BCUT2D eigenvalue weighted by molar-refractivity contribution is 5.70. The van der Waals surface area contributed by atoms with Crippen LogP contribution in [0.4, 0.5) is 0 Å². The molecule has 94 valence electrons. The number of unbranched alkanes of at least 4 members (excludes halogenated alkanes) is 1. The minimum absolute atomic E-state index is 0.290. The number of rotatable bonds is 7. The lowest BCUT2D eigenvalue weighted by Gasteiger charge is -2.12. The molecule has 1 aromatic rings. The van der Waals surface area contributed by atoms with Crippen molar-refractivity contribution in [3.8, 4) is 5.75 Å². The van der Waals surface area contributed by atoms with Gasteiger partial charge in [0.05, 0.1) is 13.0 Å². The molecule has 0 saturated heterocycles. The number of carboxylic acids is 1. The Morgan fingerprint density at radius 2 is 2.24 bits per heavy atom. The van der Waals surface area contributed by atoms with Gasteiger partial charge in [-0.3, -0.25) is 4.79 Å². The van der Waals surface area contributed by atoms with E-state index in [1.807, 2.05) is 24.3 Å². The van der Waals surface area contributed by atoms with E-state index >= 15 is 0 Å². The number of aliphatic carboxylic acids is 1. The van der Waals surface area contributed by atoms with Gasteiger partial charge >= 0.3 is 5.97 Å². The minimum atomic E-state index is -0.707. The summed E-state index contributed by atoms with van der Waals surface area (Å²) in [6.07, 6.45) is 3.30. The van der Waals surface area contributed by atoms with Crippen LogP contribution in [0.5, 0.6) is 5.75 Å². The lowest BCUT2D eigenvalue weighted by Crippen LogP contribution is -2.16. The standard InChI is InChI=1S/C14H20O3/c1-3-4-7-12(14(15)16)9-11-6-5-8-13(10-11)17-2/h5-6,8,10,12H,3-4,7,9H2,1-2H3,(H,15,16)/t12-/m1/s1. The Morgan fingerprint density at radius 3 is 2.82 bits per heavy atom. The SMILES string of the molecule is CCCC[C@H](Cc1cccc(OC)c1)C(=O)O. The van der Waals surface area contributed by atoms with Crippen LogP contribution in [0.3, 0.4) is 0 Å². The van der Waals surface area contributed by atoms with E-state index in [1.165, 1.54) is 0 Å². The van der Waals surface area contributed by atoms with Crippen LogP contribution in [0.1, 0.15) is 31.7 Å². The van der Waals surface area contributed by atoms with Gasteiger partial charge in [-0.05, 0) is 30.5 Å². The molecule has 0 radical (unpaired) electrons. The molecule has 0 aliphatic carbocycles. The molecule has 0 unspecified atom stereocenters. The molecule has 17 heavy (non-hydrogen) atoms. The van der Waals surface area contributed by atoms with E-state index in [-0.39, 0.29) is 5.92 Å². The van der Waals surface area contributed by atoms with Crippen molar-refractivity contribution in [2.24, 2.45) is 5.92 Å². The molecule has 0 saturated carbocycles. The molecule has 1 rings (SSSR count). The van der Waals surface area contributed by atoms with Crippen molar-refractivity contribution >= 4 is 5.97 Å². The van der Waals surface area contributed by atoms with Gasteiger partial charge in [0.1, 0.15) is 5.75 Å². The molecule has 1 atom stereocenters. The van der Waals surface area contributed by atoms with E-state index in [4.69, 9.17) is 9.84 Å². The smallest absolute Gasteiger partial charge is 0.306 e. The van der Waals surface area contributed by atoms with Gasteiger partial charge in [0.25, 0.3) is 0 Å². The fourth-order valence-electron chi connectivity index (χ4n) is 1.85. The van der Waals surface area contributed by atoms with E-state index in [1.54, 1.807) is 7.11 Å². The first kappa shape index (κ1) is 13.6. The first-order valence-corrected chi connectivity index (χ1v) is 6.03. The zero-order valence-corrected chi connectivity index (χ0v) is 10.5. The molecule has 0 heterocycles. The van der Waals surface area contributed by atoms with Crippen molar-refractivity contribution in [2.75, 3.05) is 7.11 Å². The number of ether oxygens (including phenoxy) is 1. The number of benzene rings is 1. The maximum absolute atomic E-state index is 11.1. The first-order valence-electron chi connectivity index (χ1n) is 6.03. The summed E-state index contributed by atoms with van der Waals surface area (Å²) in [6, 6.07) is 7.62. The van der Waals surface area contributed by atoms with E-state index in [0.717, 1.165) is 30.6 Å². The van der Waals surface area contributed by atoms with Crippen molar-refractivity contribution in [1.29, 1.82) is 0 Å². The van der Waals surface area contributed by atoms with Gasteiger partial charge in [-0.15, -0.1) is 0 Å². The zero-order valence-electron chi connectivity index (χ0n) is 10.5. The Bertz CT molecular complexity index is 360. The van der Waals surface area contributed by atoms with Crippen LogP contribution in [0.2, 0.25) is 0 Å². The second-order valence-corrected chi connectivity index (χ2v) is 4.23. The third-order valence-corrected chi connectivity index (χ3v) is 2.87. The van der Waals surface area contributed by atoms with Gasteiger partial charge in [0.15, 0.2) is 0 Å². The fourth-order valence-corrected chi connectivity index (χ4v) is 1.85. The second kappa shape index (κ2) is 6.94. The molecule has 3 heteroatoms. The summed E-state index contributed by atoms with van der Waals surface area (Å²) in [7, 11) is 1.62. The molecule has 0 amide bonds. The molecule has 1 N–H and O–H groups in total. The Hall–Kier alpha value is -1.51. The van der Waals surface area contributed by atoms with Crippen molar-refractivity contribution in [3.63, 3.8) is 0 Å². The lowest BCUT2D eigenvalue weighted by molar-refractivity contribution is -0.142. The van der Waals surface area contributed by atoms with Crippen LogP contribution in [0.15, 0.2) is 24.3 Å². The summed E-state index contributed by atoms with van der Waals surface area (Å²) in [4.78, 5) is 11.1. The van der Waals surface area contributed by atoms with Crippen LogP contribution >= 0.6 is 0 Å². The van der Waals surface area contributed by atoms with Gasteiger partial charge in [0.2, 0.25) is 0 Å². The van der Waals surface area contributed by atoms with E-state index in [9.17, 15) is 4.79 Å². The Kier molecular flexibility index (Phi) is 5.53. The molecule has 0 aromatic heterocycles. The van der Waals surface area contributed by atoms with Crippen molar-refractivity contribution in [1.82, 2.24) is 0 Å². The quantitative estimate of drug-likeness (QED) is 0.791. The first-order chi connectivity index (χ1) is 8.17. The van der Waals surface area contributed by atoms with Crippen molar-refractivity contribution < 1.29 is 14.6 Å². The van der Waals surface area contributed by atoms with Crippen LogP contribution in [-0.4, -0.2) is 18.2 Å². The molecular formula is C14H20O3. The maximum atomic E-state index is 11.1. The number of methoxy groups -OCH3 is 1.